The van der Waals surface area contributed by atoms with Gasteiger partial charge in [0, 0.05) is 0 Å². The lowest BCUT2D eigenvalue weighted by molar-refractivity contribution is -0.175. The van der Waals surface area contributed by atoms with Crippen molar-refractivity contribution in [1.29, 1.82) is 0 Å². The fraction of sp³-hybridized carbons (Fsp3) is 0.176. The molecule has 1 heterocycles. The van der Waals surface area contributed by atoms with Crippen molar-refractivity contribution >= 4 is 23.9 Å². The number of hydrogen-bond donors (Lipinski definition) is 0. The van der Waals surface area contributed by atoms with E-state index in [9.17, 15) is 19.2 Å². The summed E-state index contributed by atoms with van der Waals surface area (Å²) >= 11 is 0. The van der Waals surface area contributed by atoms with Crippen molar-refractivity contribution in [2.45, 2.75) is 31.0 Å². The highest BCUT2D eigenvalue weighted by atomic mass is 16.8. The topological polar surface area (TPSA) is 114 Å². The van der Waals surface area contributed by atoms with E-state index >= 15 is 0 Å². The molecule has 9 nitrogen and oxygen atoms in total. The Morgan fingerprint density at radius 1 is 0.581 bits per heavy atom. The van der Waals surface area contributed by atoms with E-state index in [0.717, 1.165) is 0 Å². The Morgan fingerprint density at radius 2 is 0.977 bits per heavy atom. The first-order valence-corrected chi connectivity index (χ1v) is 13.5. The first kappa shape index (κ1) is 29.2. The quantitative estimate of drug-likeness (QED) is 0.193. The Balaban J connectivity index is 1.48. The zero-order valence-electron chi connectivity index (χ0n) is 23.2. The number of rotatable bonds is 9. The summed E-state index contributed by atoms with van der Waals surface area (Å²) in [7, 11) is 0. The van der Waals surface area contributed by atoms with E-state index < -0.39 is 54.6 Å². The number of ether oxygens (including phenoxy) is 5. The smallest absolute Gasteiger partial charge is 0.340 e. The fourth-order valence-electron chi connectivity index (χ4n) is 4.58. The van der Waals surface area contributed by atoms with Crippen LogP contribution in [0.2, 0.25) is 0 Å². The van der Waals surface area contributed by atoms with E-state index in [4.69, 9.17) is 23.7 Å². The summed E-state index contributed by atoms with van der Waals surface area (Å²) in [5, 5.41) is 0. The third-order valence-corrected chi connectivity index (χ3v) is 6.85. The van der Waals surface area contributed by atoms with Crippen LogP contribution < -0.4 is 0 Å². The monoisotopic (exact) mass is 580 g/mol. The molecule has 5 rings (SSSR count). The fourth-order valence-corrected chi connectivity index (χ4v) is 4.58. The summed E-state index contributed by atoms with van der Waals surface area (Å²) in [5.41, 5.74) is -0.901. The number of benzene rings is 4. The van der Waals surface area contributed by atoms with E-state index in [0.29, 0.717) is 5.56 Å². The summed E-state index contributed by atoms with van der Waals surface area (Å²) in [6.45, 7) is 1.04. The van der Waals surface area contributed by atoms with Crippen LogP contribution in [0.4, 0.5) is 0 Å². The highest BCUT2D eigenvalue weighted by Gasteiger charge is 2.61. The molecule has 1 fully saturated rings. The third kappa shape index (κ3) is 6.79. The summed E-state index contributed by atoms with van der Waals surface area (Å²) in [6, 6.07) is 32.8. The summed E-state index contributed by atoms with van der Waals surface area (Å²) < 4.78 is 29.1. The minimum Gasteiger partial charge on any atom is -0.459 e. The molecule has 0 aromatic heterocycles. The molecule has 0 amide bonds. The van der Waals surface area contributed by atoms with Gasteiger partial charge in [-0.3, -0.25) is 0 Å². The van der Waals surface area contributed by atoms with Crippen LogP contribution in [0.3, 0.4) is 0 Å². The molecule has 0 spiro atoms. The predicted molar refractivity (Wildman–Crippen MR) is 153 cm³/mol. The molecule has 0 saturated carbocycles. The second kappa shape index (κ2) is 13.1. The van der Waals surface area contributed by atoms with Crippen LogP contribution >= 0.6 is 0 Å². The van der Waals surface area contributed by atoms with Gasteiger partial charge in [-0.2, -0.15) is 0 Å². The molecule has 43 heavy (non-hydrogen) atoms. The normalized spacial score (nSPS) is 20.9. The summed E-state index contributed by atoms with van der Waals surface area (Å²) in [6.07, 6.45) is -4.07. The molecule has 4 aromatic carbocycles. The van der Waals surface area contributed by atoms with Crippen LogP contribution in [-0.4, -0.2) is 54.6 Å². The Labute approximate surface area is 247 Å². The Bertz CT molecular complexity index is 1560. The van der Waals surface area contributed by atoms with E-state index in [2.05, 4.69) is 0 Å². The molecule has 0 radical (unpaired) electrons. The molecular weight excluding hydrogens is 552 g/mol. The number of hydrogen-bond acceptors (Lipinski definition) is 9. The van der Waals surface area contributed by atoms with Crippen molar-refractivity contribution in [3.63, 3.8) is 0 Å². The minimum atomic E-state index is -1.86. The molecule has 1 aliphatic rings. The SMILES string of the molecule is C[C@]1(OC(=O)c2ccccc2)C(OC(=O)c2ccccc2)O[C@H](COC(=O)c2ccccc2)[C@@H]1OC(=O)c1ccccc1. The maximum atomic E-state index is 13.3. The van der Waals surface area contributed by atoms with Gasteiger partial charge in [0.25, 0.3) is 0 Å². The van der Waals surface area contributed by atoms with Gasteiger partial charge in [0.15, 0.2) is 6.10 Å². The van der Waals surface area contributed by atoms with Crippen molar-refractivity contribution in [2.75, 3.05) is 6.61 Å². The summed E-state index contributed by atoms with van der Waals surface area (Å²) in [4.78, 5) is 52.5. The lowest BCUT2D eigenvalue weighted by Gasteiger charge is -2.33. The average Bonchev–Trinajstić information content (AvgIpc) is 3.30. The molecule has 4 atom stereocenters. The van der Waals surface area contributed by atoms with Gasteiger partial charge >= 0.3 is 23.9 Å². The first-order valence-electron chi connectivity index (χ1n) is 13.5. The van der Waals surface area contributed by atoms with Crippen LogP contribution in [0.1, 0.15) is 48.4 Å². The van der Waals surface area contributed by atoms with Crippen LogP contribution in [-0.2, 0) is 23.7 Å². The zero-order valence-corrected chi connectivity index (χ0v) is 23.2. The first-order chi connectivity index (χ1) is 20.8. The van der Waals surface area contributed by atoms with Crippen LogP contribution in [0.25, 0.3) is 0 Å². The van der Waals surface area contributed by atoms with Crippen molar-refractivity contribution in [3.05, 3.63) is 144 Å². The largest absolute Gasteiger partial charge is 0.459 e. The maximum absolute atomic E-state index is 13.3. The van der Waals surface area contributed by atoms with Gasteiger partial charge in [-0.05, 0) is 55.5 Å². The van der Waals surface area contributed by atoms with Crippen molar-refractivity contribution in [2.24, 2.45) is 0 Å². The maximum Gasteiger partial charge on any atom is 0.340 e. The molecule has 0 N–H and O–H groups in total. The van der Waals surface area contributed by atoms with Crippen molar-refractivity contribution in [3.8, 4) is 0 Å². The molecule has 1 unspecified atom stereocenters. The second-order valence-electron chi connectivity index (χ2n) is 9.87. The number of carbonyl (C=O) groups excluding carboxylic acids is 4. The molecule has 0 aliphatic carbocycles. The zero-order chi connectivity index (χ0) is 30.2. The van der Waals surface area contributed by atoms with Crippen LogP contribution in [0.5, 0.6) is 0 Å². The average molecular weight is 581 g/mol. The van der Waals surface area contributed by atoms with Gasteiger partial charge in [0.2, 0.25) is 11.9 Å². The molecule has 218 valence electrons. The van der Waals surface area contributed by atoms with E-state index in [1.807, 2.05) is 0 Å². The van der Waals surface area contributed by atoms with Crippen LogP contribution in [0.15, 0.2) is 121 Å². The Hall–Kier alpha value is -5.28. The number of carbonyl (C=O) groups is 4. The van der Waals surface area contributed by atoms with E-state index in [-0.39, 0.29) is 16.7 Å². The molecule has 1 saturated heterocycles. The lowest BCUT2D eigenvalue weighted by Crippen LogP contribution is -2.53. The minimum absolute atomic E-state index is 0.212. The number of esters is 4. The Morgan fingerprint density at radius 3 is 1.44 bits per heavy atom. The second-order valence-corrected chi connectivity index (χ2v) is 9.87. The highest BCUT2D eigenvalue weighted by molar-refractivity contribution is 5.91. The molecule has 0 bridgehead atoms. The molecule has 4 aromatic rings. The van der Waals surface area contributed by atoms with Gasteiger partial charge in [-0.15, -0.1) is 0 Å². The standard InChI is InChI=1S/C34H28O9/c1-34(43-32(38)26-20-12-5-13-21-26)28(41-30(36)24-16-8-3-9-17-24)27(22-39-29(35)23-14-6-2-7-15-23)40-33(34)42-31(37)25-18-10-4-11-19-25/h2-21,27-28,33H,22H2,1H3/t27-,28+,33?,34-/m1/s1. The van der Waals surface area contributed by atoms with Gasteiger partial charge < -0.3 is 23.7 Å². The van der Waals surface area contributed by atoms with E-state index in [1.54, 1.807) is 121 Å². The third-order valence-electron chi connectivity index (χ3n) is 6.85. The van der Waals surface area contributed by atoms with Crippen molar-refractivity contribution < 1.29 is 42.9 Å². The van der Waals surface area contributed by atoms with Crippen molar-refractivity contribution in [1.82, 2.24) is 0 Å². The highest BCUT2D eigenvalue weighted by Crippen LogP contribution is 2.39. The molecular formula is C34H28O9. The van der Waals surface area contributed by atoms with Gasteiger partial charge in [0.05, 0.1) is 22.3 Å². The van der Waals surface area contributed by atoms with E-state index in [1.165, 1.54) is 6.92 Å². The van der Waals surface area contributed by atoms with Crippen LogP contribution in [0, 0.1) is 0 Å². The summed E-state index contributed by atoms with van der Waals surface area (Å²) in [5.74, 6) is -2.92. The van der Waals surface area contributed by atoms with Gasteiger partial charge in [-0.1, -0.05) is 72.8 Å². The Kier molecular flexibility index (Phi) is 8.93. The predicted octanol–water partition coefficient (Wildman–Crippen LogP) is 5.27. The van der Waals surface area contributed by atoms with Gasteiger partial charge in [-0.25, -0.2) is 19.2 Å². The molecule has 9 heteroatoms. The van der Waals surface area contributed by atoms with Gasteiger partial charge in [0.1, 0.15) is 12.7 Å². The lowest BCUT2D eigenvalue weighted by atomic mass is 9.96. The molecule has 1 aliphatic heterocycles.